The lowest BCUT2D eigenvalue weighted by molar-refractivity contribution is -0.259. The number of rotatable bonds is 9. The molecule has 1 fully saturated rings. The second-order valence-electron chi connectivity index (χ2n) is 6.98. The minimum absolute atomic E-state index is 0.0360. The van der Waals surface area contributed by atoms with E-state index in [4.69, 9.17) is 4.74 Å². The van der Waals surface area contributed by atoms with Crippen LogP contribution in [0.1, 0.15) is 52.9 Å². The van der Waals surface area contributed by atoms with Crippen LogP contribution in [-0.4, -0.2) is 59.8 Å². The third-order valence-corrected chi connectivity index (χ3v) is 6.24. The maximum absolute atomic E-state index is 12.2. The Morgan fingerprint density at radius 1 is 1.04 bits per heavy atom. The van der Waals surface area contributed by atoms with Crippen molar-refractivity contribution in [1.82, 2.24) is 0 Å². The summed E-state index contributed by atoms with van der Waals surface area (Å²) in [5.41, 5.74) is 0. The van der Waals surface area contributed by atoms with Gasteiger partial charge >= 0.3 is 0 Å². The number of hydrogen-bond donors (Lipinski definition) is 3. The van der Waals surface area contributed by atoms with Gasteiger partial charge in [0.05, 0.1) is 29.6 Å². The van der Waals surface area contributed by atoms with Crippen LogP contribution in [0.5, 0.6) is 0 Å². The molecule has 1 heterocycles. The van der Waals surface area contributed by atoms with Crippen molar-refractivity contribution in [3.05, 3.63) is 0 Å². The van der Waals surface area contributed by atoms with Gasteiger partial charge in [0, 0.05) is 0 Å². The lowest BCUT2D eigenvalue weighted by atomic mass is 9.91. The largest absolute Gasteiger partial charge is 0.390 e. The maximum Gasteiger partial charge on any atom is 0.161 e. The Hall–Kier alpha value is -0.210. The number of sulfone groups is 1. The summed E-state index contributed by atoms with van der Waals surface area (Å²) in [6.45, 7) is 6.04. The summed E-state index contributed by atoms with van der Waals surface area (Å²) in [5.74, 6) is -0.723. The Morgan fingerprint density at radius 3 is 2.26 bits per heavy atom. The van der Waals surface area contributed by atoms with E-state index in [2.05, 4.69) is 13.8 Å². The van der Waals surface area contributed by atoms with Gasteiger partial charge in [0.25, 0.3) is 0 Å². The van der Waals surface area contributed by atoms with E-state index >= 15 is 0 Å². The average Bonchev–Trinajstić information content (AvgIpc) is 2.46. The molecule has 1 saturated heterocycles. The second kappa shape index (κ2) is 9.32. The van der Waals surface area contributed by atoms with Gasteiger partial charge in [-0.2, -0.15) is 0 Å². The molecule has 23 heavy (non-hydrogen) atoms. The molecular weight excluding hydrogens is 320 g/mol. The maximum atomic E-state index is 12.2. The molecule has 1 aliphatic heterocycles. The van der Waals surface area contributed by atoms with Crippen LogP contribution in [0.15, 0.2) is 0 Å². The van der Waals surface area contributed by atoms with Crippen LogP contribution >= 0.6 is 0 Å². The van der Waals surface area contributed by atoms with Crippen molar-refractivity contribution in [3.63, 3.8) is 0 Å². The molecular formula is C16H32O6S. The molecule has 0 amide bonds. The fraction of sp³-hybridized carbons (Fsp3) is 1.00. The van der Waals surface area contributed by atoms with Crippen LogP contribution in [0.2, 0.25) is 0 Å². The molecule has 5 atom stereocenters. The Labute approximate surface area is 139 Å². The highest BCUT2D eigenvalue weighted by molar-refractivity contribution is 7.91. The van der Waals surface area contributed by atoms with Crippen molar-refractivity contribution in [2.45, 2.75) is 77.5 Å². The Morgan fingerprint density at radius 2 is 1.70 bits per heavy atom. The Balaban J connectivity index is 2.49. The van der Waals surface area contributed by atoms with E-state index in [1.54, 1.807) is 6.92 Å². The van der Waals surface area contributed by atoms with Crippen LogP contribution in [0, 0.1) is 11.8 Å². The molecule has 0 aromatic carbocycles. The van der Waals surface area contributed by atoms with Gasteiger partial charge < -0.3 is 20.1 Å². The zero-order chi connectivity index (χ0) is 17.6. The zero-order valence-electron chi connectivity index (χ0n) is 14.4. The van der Waals surface area contributed by atoms with Crippen molar-refractivity contribution < 1.29 is 28.5 Å². The average molecular weight is 352 g/mol. The second-order valence-corrected chi connectivity index (χ2v) is 9.20. The third kappa shape index (κ3) is 6.66. The third-order valence-electron chi connectivity index (χ3n) is 4.44. The number of aliphatic hydroxyl groups is 3. The van der Waals surface area contributed by atoms with Crippen LogP contribution in [0.25, 0.3) is 0 Å². The van der Waals surface area contributed by atoms with Crippen molar-refractivity contribution in [1.29, 1.82) is 0 Å². The molecule has 0 aromatic heterocycles. The highest BCUT2D eigenvalue weighted by Gasteiger charge is 2.44. The van der Waals surface area contributed by atoms with E-state index < -0.39 is 40.4 Å². The molecule has 0 aromatic rings. The summed E-state index contributed by atoms with van der Waals surface area (Å²) in [7, 11) is -3.41. The molecule has 3 N–H and O–H groups in total. The van der Waals surface area contributed by atoms with Gasteiger partial charge in [-0.1, -0.05) is 40.0 Å². The molecule has 0 radical (unpaired) electrons. The van der Waals surface area contributed by atoms with Crippen molar-refractivity contribution >= 4 is 9.84 Å². The molecule has 0 spiro atoms. The monoisotopic (exact) mass is 352 g/mol. The van der Waals surface area contributed by atoms with Gasteiger partial charge in [-0.15, -0.1) is 0 Å². The summed E-state index contributed by atoms with van der Waals surface area (Å²) in [6, 6.07) is 0. The summed E-state index contributed by atoms with van der Waals surface area (Å²) in [6.07, 6.45) is -0.553. The van der Waals surface area contributed by atoms with Gasteiger partial charge in [0.15, 0.2) is 16.1 Å². The Kier molecular flexibility index (Phi) is 8.44. The minimum atomic E-state index is -3.41. The predicted molar refractivity (Wildman–Crippen MR) is 88.6 cm³/mol. The molecule has 138 valence electrons. The summed E-state index contributed by atoms with van der Waals surface area (Å²) in [5, 5.41) is 30.0. The number of hydrogen-bond acceptors (Lipinski definition) is 6. The first-order chi connectivity index (χ1) is 10.7. The number of ether oxygens (including phenoxy) is 1. The molecule has 1 aliphatic rings. The lowest BCUT2D eigenvalue weighted by Crippen LogP contribution is -2.56. The van der Waals surface area contributed by atoms with Crippen LogP contribution < -0.4 is 0 Å². The predicted octanol–water partition coefficient (Wildman–Crippen LogP) is 1.08. The molecule has 7 heteroatoms. The molecule has 6 nitrogen and oxygen atoms in total. The van der Waals surface area contributed by atoms with Crippen LogP contribution in [0.4, 0.5) is 0 Å². The first-order valence-electron chi connectivity index (χ1n) is 8.58. The molecule has 0 aliphatic carbocycles. The van der Waals surface area contributed by atoms with E-state index in [1.807, 2.05) is 0 Å². The first-order valence-corrected chi connectivity index (χ1v) is 10.4. The quantitative estimate of drug-likeness (QED) is 0.537. The highest BCUT2D eigenvalue weighted by atomic mass is 32.2. The van der Waals surface area contributed by atoms with Gasteiger partial charge in [0.1, 0.15) is 6.10 Å². The van der Waals surface area contributed by atoms with Gasteiger partial charge in [-0.25, -0.2) is 8.42 Å². The van der Waals surface area contributed by atoms with E-state index in [0.717, 1.165) is 19.3 Å². The summed E-state index contributed by atoms with van der Waals surface area (Å²) in [4.78, 5) is 0. The van der Waals surface area contributed by atoms with Crippen LogP contribution in [-0.2, 0) is 14.6 Å². The van der Waals surface area contributed by atoms with Crippen LogP contribution in [0.3, 0.4) is 0 Å². The summed E-state index contributed by atoms with van der Waals surface area (Å²) >= 11 is 0. The lowest BCUT2D eigenvalue weighted by Gasteiger charge is -2.40. The van der Waals surface area contributed by atoms with E-state index in [9.17, 15) is 23.7 Å². The van der Waals surface area contributed by atoms with Gasteiger partial charge in [-0.3, -0.25) is 0 Å². The fourth-order valence-corrected chi connectivity index (χ4v) is 4.71. The molecule has 1 rings (SSSR count). The topological polar surface area (TPSA) is 104 Å². The normalized spacial score (nSPS) is 32.4. The van der Waals surface area contributed by atoms with Gasteiger partial charge in [-0.05, 0) is 18.8 Å². The molecule has 0 bridgehead atoms. The smallest absolute Gasteiger partial charge is 0.161 e. The van der Waals surface area contributed by atoms with Crippen molar-refractivity contribution in [2.24, 2.45) is 11.8 Å². The highest BCUT2D eigenvalue weighted by Crippen LogP contribution is 2.28. The van der Waals surface area contributed by atoms with E-state index in [-0.39, 0.29) is 11.5 Å². The van der Waals surface area contributed by atoms with Crippen molar-refractivity contribution in [2.75, 3.05) is 11.5 Å². The number of aliphatic hydroxyl groups excluding tert-OH is 3. The minimum Gasteiger partial charge on any atom is -0.390 e. The first kappa shape index (κ1) is 20.8. The van der Waals surface area contributed by atoms with E-state index in [0.29, 0.717) is 18.8 Å². The number of unbranched alkanes of at least 4 members (excludes halogenated alkanes) is 2. The van der Waals surface area contributed by atoms with Crippen molar-refractivity contribution in [3.8, 4) is 0 Å². The summed E-state index contributed by atoms with van der Waals surface area (Å²) < 4.78 is 29.6. The van der Waals surface area contributed by atoms with Gasteiger partial charge in [0.2, 0.25) is 0 Å². The standard InChI is InChI=1S/C16H32O6S/c1-4-13-15(18)14(17)12(16(19)22-13)10-23(20,21)9-7-5-6-8-11(2)3/h11-19H,4-10H2,1-3H3. The molecule has 5 unspecified atom stereocenters. The molecule has 0 saturated carbocycles. The zero-order valence-corrected chi connectivity index (χ0v) is 15.2. The Bertz CT molecular complexity index is 436. The van der Waals surface area contributed by atoms with E-state index in [1.165, 1.54) is 0 Å². The SMILES string of the molecule is CCC1OC(O)C(CS(=O)(=O)CCCCCC(C)C)C(O)C1O. The fourth-order valence-electron chi connectivity index (χ4n) is 2.95.